The Bertz CT molecular complexity index is 516. The largest absolute Gasteiger partial charge is 0.481 e. The van der Waals surface area contributed by atoms with Crippen molar-refractivity contribution in [2.75, 3.05) is 11.9 Å². The van der Waals surface area contributed by atoms with Crippen molar-refractivity contribution in [1.29, 1.82) is 5.26 Å². The minimum atomic E-state index is -0.750. The Morgan fingerprint density at radius 3 is 2.85 bits per heavy atom. The average molecular weight is 273 g/mol. The van der Waals surface area contributed by atoms with Gasteiger partial charge in [0.15, 0.2) is 5.69 Å². The van der Waals surface area contributed by atoms with Crippen LogP contribution in [0.25, 0.3) is 0 Å². The molecule has 0 spiro atoms. The monoisotopic (exact) mass is 273 g/mol. The molecule has 20 heavy (non-hydrogen) atoms. The van der Waals surface area contributed by atoms with Crippen LogP contribution in [0.15, 0.2) is 18.3 Å². The van der Waals surface area contributed by atoms with E-state index in [-0.39, 0.29) is 11.8 Å². The van der Waals surface area contributed by atoms with E-state index < -0.39 is 5.97 Å². The molecule has 5 nitrogen and oxygen atoms in total. The molecule has 1 aromatic rings. The Morgan fingerprint density at radius 1 is 1.45 bits per heavy atom. The van der Waals surface area contributed by atoms with Crippen molar-refractivity contribution in [1.82, 2.24) is 4.98 Å². The fourth-order valence-corrected chi connectivity index (χ4v) is 2.96. The van der Waals surface area contributed by atoms with E-state index in [1.165, 1.54) is 6.42 Å². The lowest BCUT2D eigenvalue weighted by atomic mass is 9.71. The number of nitrogens with one attached hydrogen (secondary N) is 1. The molecule has 106 valence electrons. The highest BCUT2D eigenvalue weighted by atomic mass is 16.4. The molecule has 0 aromatic carbocycles. The summed E-state index contributed by atoms with van der Waals surface area (Å²) >= 11 is 0. The van der Waals surface area contributed by atoms with Gasteiger partial charge in [-0.1, -0.05) is 19.3 Å². The van der Waals surface area contributed by atoms with Crippen LogP contribution in [0.4, 0.5) is 5.69 Å². The van der Waals surface area contributed by atoms with E-state index in [4.69, 9.17) is 10.4 Å². The van der Waals surface area contributed by atoms with E-state index in [1.54, 1.807) is 12.3 Å². The van der Waals surface area contributed by atoms with Gasteiger partial charge in [-0.15, -0.1) is 0 Å². The molecule has 1 aromatic heterocycles. The number of carboxylic acid groups (broad SMARTS) is 1. The highest BCUT2D eigenvalue weighted by Gasteiger charge is 2.34. The second-order valence-electron chi connectivity index (χ2n) is 5.50. The van der Waals surface area contributed by atoms with Crippen LogP contribution in [0.5, 0.6) is 0 Å². The minimum Gasteiger partial charge on any atom is -0.481 e. The number of pyridine rings is 1. The predicted octanol–water partition coefficient (Wildman–Crippen LogP) is 2.79. The first-order valence-corrected chi connectivity index (χ1v) is 6.96. The maximum absolute atomic E-state index is 11.1. The highest BCUT2D eigenvalue weighted by molar-refractivity contribution is 5.68. The van der Waals surface area contributed by atoms with Gasteiger partial charge in [-0.3, -0.25) is 4.79 Å². The fraction of sp³-hybridized carbons (Fsp3) is 0.533. The summed E-state index contributed by atoms with van der Waals surface area (Å²) in [5, 5.41) is 21.4. The Morgan fingerprint density at radius 2 is 2.20 bits per heavy atom. The van der Waals surface area contributed by atoms with Crippen molar-refractivity contribution < 1.29 is 9.90 Å². The molecule has 1 heterocycles. The van der Waals surface area contributed by atoms with Crippen LogP contribution < -0.4 is 5.32 Å². The first-order valence-electron chi connectivity index (χ1n) is 6.96. The lowest BCUT2D eigenvalue weighted by molar-refractivity contribution is -0.140. The zero-order valence-electron chi connectivity index (χ0n) is 11.4. The Balaban J connectivity index is 2.09. The maximum Gasteiger partial charge on any atom is 0.303 e. The molecule has 0 radical (unpaired) electrons. The number of anilines is 1. The summed E-state index contributed by atoms with van der Waals surface area (Å²) in [6, 6.07) is 5.63. The number of carbonyl (C=O) groups is 1. The Labute approximate surface area is 118 Å². The van der Waals surface area contributed by atoms with Crippen LogP contribution >= 0.6 is 0 Å². The van der Waals surface area contributed by atoms with Crippen LogP contribution in [-0.4, -0.2) is 22.6 Å². The van der Waals surface area contributed by atoms with Gasteiger partial charge in [0.2, 0.25) is 0 Å². The summed E-state index contributed by atoms with van der Waals surface area (Å²) in [5.74, 6) is -0.750. The van der Waals surface area contributed by atoms with Crippen LogP contribution in [0.3, 0.4) is 0 Å². The van der Waals surface area contributed by atoms with Gasteiger partial charge in [-0.05, 0) is 30.4 Å². The van der Waals surface area contributed by atoms with Gasteiger partial charge >= 0.3 is 5.97 Å². The first-order chi connectivity index (χ1) is 9.65. The standard InChI is InChI=1S/C15H19N3O2/c16-10-13-12(5-4-8-17-13)18-11-15(9-14(19)20)6-2-1-3-7-15/h4-5,8,18H,1-3,6-7,9,11H2,(H,19,20). The lowest BCUT2D eigenvalue weighted by Crippen LogP contribution is -2.34. The van der Waals surface area contributed by atoms with E-state index in [9.17, 15) is 4.79 Å². The molecule has 1 aliphatic carbocycles. The van der Waals surface area contributed by atoms with Crippen LogP contribution in [-0.2, 0) is 4.79 Å². The second-order valence-corrected chi connectivity index (χ2v) is 5.50. The van der Waals surface area contributed by atoms with Crippen molar-refractivity contribution >= 4 is 11.7 Å². The van der Waals surface area contributed by atoms with Gasteiger partial charge in [0.1, 0.15) is 6.07 Å². The predicted molar refractivity (Wildman–Crippen MR) is 75.2 cm³/mol. The molecule has 0 saturated heterocycles. The molecule has 1 aliphatic rings. The molecule has 0 bridgehead atoms. The van der Waals surface area contributed by atoms with Crippen LogP contribution in [0.1, 0.15) is 44.2 Å². The summed E-state index contributed by atoms with van der Waals surface area (Å²) in [7, 11) is 0. The van der Waals surface area contributed by atoms with Crippen molar-refractivity contribution in [3.63, 3.8) is 0 Å². The SMILES string of the molecule is N#Cc1ncccc1NCC1(CC(=O)O)CCCCC1. The van der Waals surface area contributed by atoms with E-state index >= 15 is 0 Å². The van der Waals surface area contributed by atoms with Crippen molar-refractivity contribution in [2.45, 2.75) is 38.5 Å². The van der Waals surface area contributed by atoms with Gasteiger partial charge in [0.05, 0.1) is 12.1 Å². The number of carboxylic acids is 1. The third kappa shape index (κ3) is 3.47. The molecule has 0 aliphatic heterocycles. The zero-order valence-corrected chi connectivity index (χ0v) is 11.4. The number of nitriles is 1. The minimum absolute atomic E-state index is 0.183. The smallest absolute Gasteiger partial charge is 0.303 e. The van der Waals surface area contributed by atoms with Crippen molar-refractivity contribution in [3.8, 4) is 6.07 Å². The molecular weight excluding hydrogens is 254 g/mol. The molecule has 1 saturated carbocycles. The molecule has 5 heteroatoms. The molecular formula is C15H19N3O2. The van der Waals surface area contributed by atoms with E-state index in [2.05, 4.69) is 10.3 Å². The second kappa shape index (κ2) is 6.38. The van der Waals surface area contributed by atoms with E-state index in [0.717, 1.165) is 25.7 Å². The summed E-state index contributed by atoms with van der Waals surface area (Å²) in [6.07, 6.45) is 6.94. The molecule has 0 amide bonds. The summed E-state index contributed by atoms with van der Waals surface area (Å²) < 4.78 is 0. The Hall–Kier alpha value is -2.09. The molecule has 0 atom stereocenters. The number of aromatic nitrogens is 1. The number of rotatable bonds is 5. The topological polar surface area (TPSA) is 86.0 Å². The third-order valence-corrected chi connectivity index (χ3v) is 4.01. The number of hydrogen-bond acceptors (Lipinski definition) is 4. The molecule has 2 N–H and O–H groups in total. The maximum atomic E-state index is 11.1. The third-order valence-electron chi connectivity index (χ3n) is 4.01. The van der Waals surface area contributed by atoms with E-state index in [0.29, 0.717) is 17.9 Å². The van der Waals surface area contributed by atoms with Gasteiger partial charge in [-0.25, -0.2) is 4.98 Å². The number of nitrogens with zero attached hydrogens (tertiary/aromatic N) is 2. The number of hydrogen-bond donors (Lipinski definition) is 2. The van der Waals surface area contributed by atoms with Crippen LogP contribution in [0, 0.1) is 16.7 Å². The van der Waals surface area contributed by atoms with Crippen molar-refractivity contribution in [3.05, 3.63) is 24.0 Å². The van der Waals surface area contributed by atoms with Gasteiger partial charge in [-0.2, -0.15) is 5.26 Å². The first kappa shape index (κ1) is 14.3. The zero-order chi connectivity index (χ0) is 14.4. The van der Waals surface area contributed by atoms with Gasteiger partial charge in [0.25, 0.3) is 0 Å². The van der Waals surface area contributed by atoms with Crippen molar-refractivity contribution in [2.24, 2.45) is 5.41 Å². The summed E-state index contributed by atoms with van der Waals surface area (Å²) in [6.45, 7) is 0.583. The van der Waals surface area contributed by atoms with E-state index in [1.807, 2.05) is 12.1 Å². The Kier molecular flexibility index (Phi) is 4.57. The molecule has 0 unspecified atom stereocenters. The fourth-order valence-electron chi connectivity index (χ4n) is 2.96. The lowest BCUT2D eigenvalue weighted by Gasteiger charge is -2.36. The van der Waals surface area contributed by atoms with Gasteiger partial charge < -0.3 is 10.4 Å². The molecule has 1 fully saturated rings. The van der Waals surface area contributed by atoms with Gasteiger partial charge in [0, 0.05) is 12.7 Å². The normalized spacial score (nSPS) is 17.1. The average Bonchev–Trinajstić information content (AvgIpc) is 2.46. The molecule has 2 rings (SSSR count). The number of aliphatic carboxylic acids is 1. The summed E-state index contributed by atoms with van der Waals surface area (Å²) in [5.41, 5.74) is 0.839. The summed E-state index contributed by atoms with van der Waals surface area (Å²) in [4.78, 5) is 15.1. The highest BCUT2D eigenvalue weighted by Crippen LogP contribution is 2.39. The quantitative estimate of drug-likeness (QED) is 0.861. The van der Waals surface area contributed by atoms with Crippen LogP contribution in [0.2, 0.25) is 0 Å².